The number of phenolic OH excluding ortho intramolecular Hbond substituents is 2. The Kier molecular flexibility index (Phi) is 2.79. The normalized spacial score (nSPS) is 16.7. The molecule has 15 heavy (non-hydrogen) atoms. The number of aromatic hydroxyl groups is 2. The van der Waals surface area contributed by atoms with Crippen molar-refractivity contribution >= 4 is 0 Å². The SMILES string of the molecule is CN(Cc1ccc(O)cc1O)C1CNC1. The molecule has 1 saturated heterocycles. The molecule has 0 aromatic heterocycles. The van der Waals surface area contributed by atoms with Gasteiger partial charge in [0.05, 0.1) is 0 Å². The molecule has 0 saturated carbocycles. The van der Waals surface area contributed by atoms with Crippen LogP contribution in [0, 0.1) is 0 Å². The van der Waals surface area contributed by atoms with E-state index in [0.717, 1.165) is 18.7 Å². The Hall–Kier alpha value is -1.26. The van der Waals surface area contributed by atoms with E-state index >= 15 is 0 Å². The summed E-state index contributed by atoms with van der Waals surface area (Å²) in [6.45, 7) is 2.73. The van der Waals surface area contributed by atoms with Gasteiger partial charge in [0.1, 0.15) is 11.5 Å². The Morgan fingerprint density at radius 1 is 1.40 bits per heavy atom. The van der Waals surface area contributed by atoms with Gasteiger partial charge in [-0.05, 0) is 13.1 Å². The first kappa shape index (κ1) is 10.3. The second-order valence-corrected chi connectivity index (χ2v) is 4.04. The molecule has 0 amide bonds. The first-order valence-electron chi connectivity index (χ1n) is 5.08. The first-order chi connectivity index (χ1) is 7.16. The third-order valence-corrected chi connectivity index (χ3v) is 2.87. The van der Waals surface area contributed by atoms with E-state index in [2.05, 4.69) is 10.2 Å². The first-order valence-corrected chi connectivity index (χ1v) is 5.08. The zero-order valence-corrected chi connectivity index (χ0v) is 8.77. The molecule has 4 nitrogen and oxygen atoms in total. The summed E-state index contributed by atoms with van der Waals surface area (Å²) in [7, 11) is 2.04. The highest BCUT2D eigenvalue weighted by atomic mass is 16.3. The van der Waals surface area contributed by atoms with Gasteiger partial charge < -0.3 is 15.5 Å². The zero-order valence-electron chi connectivity index (χ0n) is 8.77. The van der Waals surface area contributed by atoms with Crippen LogP contribution in [0.1, 0.15) is 5.56 Å². The van der Waals surface area contributed by atoms with E-state index < -0.39 is 0 Å². The number of hydrogen-bond donors (Lipinski definition) is 3. The molecule has 1 aromatic rings. The third-order valence-electron chi connectivity index (χ3n) is 2.87. The molecule has 0 bridgehead atoms. The van der Waals surface area contributed by atoms with E-state index in [0.29, 0.717) is 12.6 Å². The van der Waals surface area contributed by atoms with Crippen LogP contribution in [0.5, 0.6) is 11.5 Å². The maximum Gasteiger partial charge on any atom is 0.123 e. The molecular weight excluding hydrogens is 192 g/mol. The number of benzene rings is 1. The topological polar surface area (TPSA) is 55.7 Å². The predicted molar refractivity (Wildman–Crippen MR) is 57.9 cm³/mol. The molecule has 82 valence electrons. The van der Waals surface area contributed by atoms with E-state index in [-0.39, 0.29) is 11.5 Å². The fraction of sp³-hybridized carbons (Fsp3) is 0.455. The van der Waals surface area contributed by atoms with Crippen LogP contribution in [0.4, 0.5) is 0 Å². The summed E-state index contributed by atoms with van der Waals surface area (Å²) in [4.78, 5) is 2.20. The van der Waals surface area contributed by atoms with Gasteiger partial charge in [0.2, 0.25) is 0 Å². The Morgan fingerprint density at radius 2 is 2.13 bits per heavy atom. The van der Waals surface area contributed by atoms with E-state index in [9.17, 15) is 5.11 Å². The number of rotatable bonds is 3. The number of hydrogen-bond acceptors (Lipinski definition) is 4. The standard InChI is InChI=1S/C11H16N2O2/c1-13(9-5-12-6-9)7-8-2-3-10(14)4-11(8)15/h2-4,9,12,14-15H,5-7H2,1H3. The Bertz CT molecular complexity index is 350. The van der Waals surface area contributed by atoms with Gasteiger partial charge >= 0.3 is 0 Å². The molecule has 1 heterocycles. The van der Waals surface area contributed by atoms with Crippen LogP contribution >= 0.6 is 0 Å². The number of nitrogens with one attached hydrogen (secondary N) is 1. The van der Waals surface area contributed by atoms with Crippen LogP contribution in [0.3, 0.4) is 0 Å². The molecule has 1 aliphatic rings. The van der Waals surface area contributed by atoms with Gasteiger partial charge in [-0.15, -0.1) is 0 Å². The van der Waals surface area contributed by atoms with Gasteiger partial charge in [0.25, 0.3) is 0 Å². The van der Waals surface area contributed by atoms with Gasteiger partial charge in [-0.3, -0.25) is 4.90 Å². The molecule has 0 unspecified atom stereocenters. The molecule has 0 radical (unpaired) electrons. The minimum atomic E-state index is 0.101. The Labute approximate surface area is 89.1 Å². The van der Waals surface area contributed by atoms with Crippen LogP contribution in [0.2, 0.25) is 0 Å². The largest absolute Gasteiger partial charge is 0.508 e. The third kappa shape index (κ3) is 2.22. The van der Waals surface area contributed by atoms with E-state index in [4.69, 9.17) is 5.11 Å². The summed E-state index contributed by atoms with van der Waals surface area (Å²) >= 11 is 0. The van der Waals surface area contributed by atoms with E-state index in [1.807, 2.05) is 7.05 Å². The molecule has 0 aliphatic carbocycles. The molecule has 2 rings (SSSR count). The van der Waals surface area contributed by atoms with Gasteiger partial charge in [0.15, 0.2) is 0 Å². The summed E-state index contributed by atoms with van der Waals surface area (Å²) in [6.07, 6.45) is 0. The zero-order chi connectivity index (χ0) is 10.8. The van der Waals surface area contributed by atoms with Gasteiger partial charge in [-0.2, -0.15) is 0 Å². The molecule has 0 spiro atoms. The maximum atomic E-state index is 9.61. The molecule has 1 aliphatic heterocycles. The van der Waals surface area contributed by atoms with Crippen molar-refractivity contribution < 1.29 is 10.2 Å². The molecule has 4 heteroatoms. The highest BCUT2D eigenvalue weighted by molar-refractivity contribution is 5.38. The summed E-state index contributed by atoms with van der Waals surface area (Å²) in [5.74, 6) is 0.262. The van der Waals surface area contributed by atoms with E-state index in [1.54, 1.807) is 12.1 Å². The number of phenols is 2. The Balaban J connectivity index is 2.03. The van der Waals surface area contributed by atoms with Crippen molar-refractivity contribution in [3.63, 3.8) is 0 Å². The van der Waals surface area contributed by atoms with Crippen LogP contribution in [0.15, 0.2) is 18.2 Å². The minimum Gasteiger partial charge on any atom is -0.508 e. The van der Waals surface area contributed by atoms with Crippen molar-refractivity contribution in [3.8, 4) is 11.5 Å². The second-order valence-electron chi connectivity index (χ2n) is 4.04. The van der Waals surface area contributed by atoms with Crippen LogP contribution in [-0.2, 0) is 6.54 Å². The van der Waals surface area contributed by atoms with Gasteiger partial charge in [-0.25, -0.2) is 0 Å². The fourth-order valence-electron chi connectivity index (χ4n) is 1.67. The molecular formula is C11H16N2O2. The minimum absolute atomic E-state index is 0.101. The van der Waals surface area contributed by atoms with Crippen molar-refractivity contribution in [2.45, 2.75) is 12.6 Å². The van der Waals surface area contributed by atoms with Gasteiger partial charge in [0, 0.05) is 37.3 Å². The lowest BCUT2D eigenvalue weighted by Gasteiger charge is -2.35. The molecule has 0 atom stereocenters. The number of nitrogens with zero attached hydrogens (tertiary/aromatic N) is 1. The smallest absolute Gasteiger partial charge is 0.123 e. The van der Waals surface area contributed by atoms with Crippen LogP contribution in [0.25, 0.3) is 0 Å². The highest BCUT2D eigenvalue weighted by Gasteiger charge is 2.21. The highest BCUT2D eigenvalue weighted by Crippen LogP contribution is 2.24. The molecule has 1 fully saturated rings. The van der Waals surface area contributed by atoms with Crippen molar-refractivity contribution in [1.82, 2.24) is 10.2 Å². The summed E-state index contributed by atoms with van der Waals surface area (Å²) in [5, 5.41) is 22.0. The fourth-order valence-corrected chi connectivity index (χ4v) is 1.67. The van der Waals surface area contributed by atoms with Crippen LogP contribution in [-0.4, -0.2) is 41.3 Å². The lowest BCUT2D eigenvalue weighted by atomic mass is 10.1. The lowest BCUT2D eigenvalue weighted by molar-refractivity contribution is 0.171. The Morgan fingerprint density at radius 3 is 2.67 bits per heavy atom. The summed E-state index contributed by atoms with van der Waals surface area (Å²) in [5.41, 5.74) is 0.849. The van der Waals surface area contributed by atoms with Crippen molar-refractivity contribution in [3.05, 3.63) is 23.8 Å². The van der Waals surface area contributed by atoms with Crippen LogP contribution < -0.4 is 5.32 Å². The van der Waals surface area contributed by atoms with Gasteiger partial charge in [-0.1, -0.05) is 6.07 Å². The summed E-state index contributed by atoms with van der Waals surface area (Å²) < 4.78 is 0. The molecule has 3 N–H and O–H groups in total. The lowest BCUT2D eigenvalue weighted by Crippen LogP contribution is -2.55. The quantitative estimate of drug-likeness (QED) is 0.677. The number of likely N-dealkylation sites (N-methyl/N-ethyl adjacent to an activating group) is 1. The average Bonchev–Trinajstić information content (AvgIpc) is 2.07. The van der Waals surface area contributed by atoms with E-state index in [1.165, 1.54) is 6.07 Å². The van der Waals surface area contributed by atoms with Crippen molar-refractivity contribution in [2.75, 3.05) is 20.1 Å². The van der Waals surface area contributed by atoms with Crippen molar-refractivity contribution in [1.29, 1.82) is 0 Å². The summed E-state index contributed by atoms with van der Waals surface area (Å²) in [6, 6.07) is 5.29. The molecule has 1 aromatic carbocycles. The monoisotopic (exact) mass is 208 g/mol. The predicted octanol–water partition coefficient (Wildman–Crippen LogP) is 0.501. The average molecular weight is 208 g/mol. The maximum absolute atomic E-state index is 9.61. The second kappa shape index (κ2) is 4.08. The van der Waals surface area contributed by atoms with Crippen molar-refractivity contribution in [2.24, 2.45) is 0 Å².